The third-order valence-electron chi connectivity index (χ3n) is 3.54. The van der Waals surface area contributed by atoms with E-state index in [2.05, 4.69) is 4.72 Å². The summed E-state index contributed by atoms with van der Waals surface area (Å²) in [4.78, 5) is -0.445. The summed E-state index contributed by atoms with van der Waals surface area (Å²) in [7, 11) is -4.08. The highest BCUT2D eigenvalue weighted by atomic mass is 32.2. The summed E-state index contributed by atoms with van der Waals surface area (Å²) in [5.74, 6) is 1.07. The van der Waals surface area contributed by atoms with Crippen molar-refractivity contribution in [2.75, 3.05) is 13.2 Å². The van der Waals surface area contributed by atoms with Crippen molar-refractivity contribution in [2.45, 2.75) is 17.6 Å². The standard InChI is InChI=1S/C16H14F3NO4S/c17-16(18,19)12-2-1-3-13(9-12)25(21,22)20-10-11-4-5-14-15(8-11)24-7-6-23-14/h1-5,8-9,20H,6-7,10H2. The Labute approximate surface area is 142 Å². The van der Waals surface area contributed by atoms with Crippen molar-refractivity contribution in [3.05, 3.63) is 53.6 Å². The smallest absolute Gasteiger partial charge is 0.416 e. The number of ether oxygens (including phenoxy) is 2. The van der Waals surface area contributed by atoms with E-state index in [1.807, 2.05) is 0 Å². The van der Waals surface area contributed by atoms with Crippen LogP contribution in [-0.2, 0) is 22.7 Å². The topological polar surface area (TPSA) is 64.6 Å². The van der Waals surface area contributed by atoms with Crippen molar-refractivity contribution in [1.29, 1.82) is 0 Å². The number of rotatable bonds is 4. The Bertz CT molecular complexity index is 881. The van der Waals surface area contributed by atoms with Gasteiger partial charge in [-0.25, -0.2) is 13.1 Å². The Kier molecular flexibility index (Phi) is 4.61. The minimum Gasteiger partial charge on any atom is -0.486 e. The minimum atomic E-state index is -4.61. The lowest BCUT2D eigenvalue weighted by Crippen LogP contribution is -2.24. The van der Waals surface area contributed by atoms with Crippen molar-refractivity contribution in [1.82, 2.24) is 4.72 Å². The van der Waals surface area contributed by atoms with Crippen molar-refractivity contribution >= 4 is 10.0 Å². The summed E-state index contributed by atoms with van der Waals surface area (Å²) in [6.07, 6.45) is -4.61. The van der Waals surface area contributed by atoms with Crippen LogP contribution < -0.4 is 14.2 Å². The van der Waals surface area contributed by atoms with Gasteiger partial charge < -0.3 is 9.47 Å². The molecule has 1 heterocycles. The van der Waals surface area contributed by atoms with E-state index in [1.165, 1.54) is 0 Å². The molecule has 1 aliphatic rings. The molecule has 0 atom stereocenters. The Balaban J connectivity index is 1.76. The average Bonchev–Trinajstić information content (AvgIpc) is 2.59. The normalized spacial score (nSPS) is 14.4. The van der Waals surface area contributed by atoms with Gasteiger partial charge in [0.1, 0.15) is 13.2 Å². The van der Waals surface area contributed by atoms with Crippen LogP contribution in [0.2, 0.25) is 0 Å². The molecule has 2 aromatic carbocycles. The van der Waals surface area contributed by atoms with E-state index in [-0.39, 0.29) is 6.54 Å². The first kappa shape index (κ1) is 17.6. The van der Waals surface area contributed by atoms with E-state index in [0.29, 0.717) is 36.3 Å². The highest BCUT2D eigenvalue weighted by Gasteiger charge is 2.31. The van der Waals surface area contributed by atoms with Gasteiger partial charge in [-0.05, 0) is 35.9 Å². The van der Waals surface area contributed by atoms with E-state index in [0.717, 1.165) is 18.2 Å². The Morgan fingerprint density at radius 3 is 2.44 bits per heavy atom. The first-order valence-corrected chi connectivity index (χ1v) is 8.79. The molecule has 134 valence electrons. The SMILES string of the molecule is O=S(=O)(NCc1ccc2c(c1)OCCO2)c1cccc(C(F)(F)F)c1. The molecule has 0 fully saturated rings. The summed E-state index contributed by atoms with van der Waals surface area (Å²) in [5.41, 5.74) is -0.422. The number of sulfonamides is 1. The number of halogens is 3. The molecule has 0 aromatic heterocycles. The molecule has 0 spiro atoms. The molecule has 25 heavy (non-hydrogen) atoms. The van der Waals surface area contributed by atoms with Crippen LogP contribution in [0, 0.1) is 0 Å². The maximum absolute atomic E-state index is 12.7. The number of benzene rings is 2. The molecular formula is C16H14F3NO4S. The molecule has 0 radical (unpaired) electrons. The van der Waals surface area contributed by atoms with Crippen LogP contribution in [-0.4, -0.2) is 21.6 Å². The van der Waals surface area contributed by atoms with E-state index in [9.17, 15) is 21.6 Å². The summed E-state index contributed by atoms with van der Waals surface area (Å²) in [6, 6.07) is 8.53. The van der Waals surface area contributed by atoms with Crippen LogP contribution >= 0.6 is 0 Å². The van der Waals surface area contributed by atoms with Gasteiger partial charge in [0.05, 0.1) is 10.5 Å². The first-order chi connectivity index (χ1) is 11.8. The largest absolute Gasteiger partial charge is 0.486 e. The van der Waals surface area contributed by atoms with Crippen LogP contribution in [0.5, 0.6) is 11.5 Å². The molecule has 0 bridgehead atoms. The zero-order valence-electron chi connectivity index (χ0n) is 12.8. The summed E-state index contributed by atoms with van der Waals surface area (Å²) in [5, 5.41) is 0. The van der Waals surface area contributed by atoms with Crippen LogP contribution in [0.25, 0.3) is 0 Å². The van der Waals surface area contributed by atoms with Crippen LogP contribution in [0.4, 0.5) is 13.2 Å². The number of fused-ring (bicyclic) bond motifs is 1. The molecule has 0 unspecified atom stereocenters. The van der Waals surface area contributed by atoms with Gasteiger partial charge in [0, 0.05) is 6.54 Å². The molecule has 3 rings (SSSR count). The Hall–Kier alpha value is -2.26. The lowest BCUT2D eigenvalue weighted by molar-refractivity contribution is -0.137. The summed E-state index contributed by atoms with van der Waals surface area (Å²) >= 11 is 0. The molecule has 0 aliphatic carbocycles. The van der Waals surface area contributed by atoms with E-state index >= 15 is 0 Å². The fourth-order valence-corrected chi connectivity index (χ4v) is 3.36. The van der Waals surface area contributed by atoms with Gasteiger partial charge in [-0.3, -0.25) is 0 Å². The number of alkyl halides is 3. The second-order valence-electron chi connectivity index (χ2n) is 5.33. The van der Waals surface area contributed by atoms with Gasteiger partial charge in [0.15, 0.2) is 11.5 Å². The third kappa shape index (κ3) is 4.05. The quantitative estimate of drug-likeness (QED) is 0.895. The molecule has 0 amide bonds. The van der Waals surface area contributed by atoms with Gasteiger partial charge in [-0.1, -0.05) is 12.1 Å². The fraction of sp³-hybridized carbons (Fsp3) is 0.250. The minimum absolute atomic E-state index is 0.0881. The predicted molar refractivity (Wildman–Crippen MR) is 82.9 cm³/mol. The van der Waals surface area contributed by atoms with Gasteiger partial charge in [-0.15, -0.1) is 0 Å². The van der Waals surface area contributed by atoms with Crippen LogP contribution in [0.15, 0.2) is 47.4 Å². The maximum Gasteiger partial charge on any atom is 0.416 e. The molecule has 1 N–H and O–H groups in total. The molecule has 5 nitrogen and oxygen atoms in total. The number of hydrogen-bond donors (Lipinski definition) is 1. The average molecular weight is 373 g/mol. The molecule has 0 saturated carbocycles. The van der Waals surface area contributed by atoms with Gasteiger partial charge >= 0.3 is 6.18 Å². The van der Waals surface area contributed by atoms with E-state index in [1.54, 1.807) is 18.2 Å². The van der Waals surface area contributed by atoms with Crippen molar-refractivity contribution in [3.8, 4) is 11.5 Å². The second-order valence-corrected chi connectivity index (χ2v) is 7.10. The molecule has 9 heteroatoms. The van der Waals surface area contributed by atoms with E-state index < -0.39 is 26.7 Å². The fourth-order valence-electron chi connectivity index (χ4n) is 2.30. The summed E-state index contributed by atoms with van der Waals surface area (Å²) < 4.78 is 75.7. The van der Waals surface area contributed by atoms with Crippen LogP contribution in [0.3, 0.4) is 0 Å². The number of hydrogen-bond acceptors (Lipinski definition) is 4. The highest BCUT2D eigenvalue weighted by Crippen LogP contribution is 2.32. The van der Waals surface area contributed by atoms with Gasteiger partial charge in [-0.2, -0.15) is 13.2 Å². The Morgan fingerprint density at radius 2 is 1.72 bits per heavy atom. The maximum atomic E-state index is 12.7. The van der Waals surface area contributed by atoms with Crippen molar-refractivity contribution in [2.24, 2.45) is 0 Å². The molecule has 2 aromatic rings. The second kappa shape index (κ2) is 6.57. The van der Waals surface area contributed by atoms with Gasteiger partial charge in [0.25, 0.3) is 0 Å². The van der Waals surface area contributed by atoms with E-state index in [4.69, 9.17) is 9.47 Å². The number of nitrogens with one attached hydrogen (secondary N) is 1. The molecule has 1 aliphatic heterocycles. The zero-order valence-corrected chi connectivity index (χ0v) is 13.7. The monoisotopic (exact) mass is 373 g/mol. The van der Waals surface area contributed by atoms with Crippen LogP contribution in [0.1, 0.15) is 11.1 Å². The third-order valence-corrected chi connectivity index (χ3v) is 4.94. The predicted octanol–water partition coefficient (Wildman–Crippen LogP) is 2.96. The summed E-state index contributed by atoms with van der Waals surface area (Å²) in [6.45, 7) is 0.746. The van der Waals surface area contributed by atoms with Crippen molar-refractivity contribution < 1.29 is 31.1 Å². The zero-order chi connectivity index (χ0) is 18.1. The highest BCUT2D eigenvalue weighted by molar-refractivity contribution is 7.89. The Morgan fingerprint density at radius 1 is 1.00 bits per heavy atom. The first-order valence-electron chi connectivity index (χ1n) is 7.31. The lowest BCUT2D eigenvalue weighted by Gasteiger charge is -2.19. The molecular weight excluding hydrogens is 359 g/mol. The van der Waals surface area contributed by atoms with Crippen molar-refractivity contribution in [3.63, 3.8) is 0 Å². The lowest BCUT2D eigenvalue weighted by atomic mass is 10.2. The molecule has 0 saturated heterocycles. The van der Waals surface area contributed by atoms with Gasteiger partial charge in [0.2, 0.25) is 10.0 Å².